The van der Waals surface area contributed by atoms with Crippen molar-refractivity contribution < 1.29 is 9.90 Å². The lowest BCUT2D eigenvalue weighted by molar-refractivity contribution is -0.124. The molecule has 1 aromatic rings. The van der Waals surface area contributed by atoms with E-state index >= 15 is 0 Å². The predicted molar refractivity (Wildman–Crippen MR) is 64.1 cm³/mol. The fourth-order valence-corrected chi connectivity index (χ4v) is 1.51. The molecule has 0 saturated carbocycles. The largest absolute Gasteiger partial charge is 0.396 e. The van der Waals surface area contributed by atoms with Gasteiger partial charge >= 0.3 is 0 Å². The summed E-state index contributed by atoms with van der Waals surface area (Å²) < 4.78 is 1.60. The van der Waals surface area contributed by atoms with Gasteiger partial charge in [-0.05, 0) is 20.3 Å². The van der Waals surface area contributed by atoms with Crippen molar-refractivity contribution in [2.45, 2.75) is 31.8 Å². The molecular formula is C11H20N4O2. The van der Waals surface area contributed by atoms with E-state index in [1.54, 1.807) is 24.1 Å². The third-order valence-corrected chi connectivity index (χ3v) is 2.56. The van der Waals surface area contributed by atoms with E-state index in [1.807, 2.05) is 13.8 Å². The third-order valence-electron chi connectivity index (χ3n) is 2.56. The number of aryl methyl sites for hydroxylation is 1. The van der Waals surface area contributed by atoms with Gasteiger partial charge in [0.15, 0.2) is 0 Å². The molecule has 0 aliphatic heterocycles. The van der Waals surface area contributed by atoms with E-state index < -0.39 is 11.6 Å². The number of aromatic nitrogens is 2. The minimum absolute atomic E-state index is 0.0232. The summed E-state index contributed by atoms with van der Waals surface area (Å²) in [6, 6.07) is -0.735. The van der Waals surface area contributed by atoms with Gasteiger partial charge in [-0.3, -0.25) is 9.48 Å². The molecule has 0 saturated heterocycles. The third kappa shape index (κ3) is 3.83. The van der Waals surface area contributed by atoms with E-state index in [9.17, 15) is 4.79 Å². The van der Waals surface area contributed by atoms with Crippen LogP contribution >= 0.6 is 0 Å². The maximum Gasteiger partial charge on any atom is 0.242 e. The Kier molecular flexibility index (Phi) is 4.25. The molecular weight excluding hydrogens is 220 g/mol. The summed E-state index contributed by atoms with van der Waals surface area (Å²) in [6.07, 6.45) is 3.77. The zero-order chi connectivity index (χ0) is 13.1. The van der Waals surface area contributed by atoms with Crippen molar-refractivity contribution in [1.29, 1.82) is 0 Å². The van der Waals surface area contributed by atoms with E-state index in [2.05, 4.69) is 10.4 Å². The molecule has 0 spiro atoms. The van der Waals surface area contributed by atoms with E-state index in [1.165, 1.54) is 0 Å². The first-order valence-corrected chi connectivity index (χ1v) is 5.53. The second kappa shape index (κ2) is 5.29. The van der Waals surface area contributed by atoms with Crippen LogP contribution in [-0.2, 0) is 11.8 Å². The quantitative estimate of drug-likeness (QED) is 0.658. The average Bonchev–Trinajstić information content (AvgIpc) is 2.62. The Morgan fingerprint density at radius 3 is 2.82 bits per heavy atom. The summed E-state index contributed by atoms with van der Waals surface area (Å²) in [7, 11) is 1.77. The number of aliphatic hydroxyl groups is 1. The van der Waals surface area contributed by atoms with Crippen LogP contribution in [0, 0.1) is 0 Å². The number of nitrogens with zero attached hydrogens (tertiary/aromatic N) is 2. The van der Waals surface area contributed by atoms with E-state index in [-0.39, 0.29) is 12.5 Å². The molecule has 1 amide bonds. The Morgan fingerprint density at radius 1 is 1.71 bits per heavy atom. The molecule has 1 atom stereocenters. The molecule has 1 aromatic heterocycles. The number of nitrogens with two attached hydrogens (primary N) is 1. The highest BCUT2D eigenvalue weighted by atomic mass is 16.3. The highest BCUT2D eigenvalue weighted by Crippen LogP contribution is 2.13. The first-order chi connectivity index (χ1) is 7.85. The van der Waals surface area contributed by atoms with Crippen LogP contribution in [0.4, 0.5) is 0 Å². The number of nitrogens with one attached hydrogen (secondary N) is 1. The van der Waals surface area contributed by atoms with Crippen LogP contribution < -0.4 is 11.1 Å². The Morgan fingerprint density at radius 2 is 2.35 bits per heavy atom. The number of hydrogen-bond acceptors (Lipinski definition) is 4. The number of aliphatic hydroxyl groups excluding tert-OH is 1. The second-order valence-corrected chi connectivity index (χ2v) is 4.77. The zero-order valence-electron chi connectivity index (χ0n) is 10.5. The summed E-state index contributed by atoms with van der Waals surface area (Å²) in [5.74, 6) is -0.267. The van der Waals surface area contributed by atoms with Crippen molar-refractivity contribution in [1.82, 2.24) is 15.1 Å². The van der Waals surface area contributed by atoms with E-state index in [0.717, 1.165) is 0 Å². The molecule has 0 aliphatic carbocycles. The minimum atomic E-state index is -0.735. The SMILES string of the molecule is Cn1cc(C(N)C(=O)NC(C)(C)CCO)cn1. The van der Waals surface area contributed by atoms with Gasteiger partial charge in [0.25, 0.3) is 0 Å². The number of amides is 1. The molecule has 4 N–H and O–H groups in total. The monoisotopic (exact) mass is 240 g/mol. The topological polar surface area (TPSA) is 93.2 Å². The molecule has 0 bridgehead atoms. The van der Waals surface area contributed by atoms with Crippen molar-refractivity contribution >= 4 is 5.91 Å². The van der Waals surface area contributed by atoms with Gasteiger partial charge in [-0.2, -0.15) is 5.10 Å². The number of carbonyl (C=O) groups excluding carboxylic acids is 1. The van der Waals surface area contributed by atoms with Crippen LogP contribution in [0.15, 0.2) is 12.4 Å². The van der Waals surface area contributed by atoms with Crippen molar-refractivity contribution in [3.63, 3.8) is 0 Å². The Hall–Kier alpha value is -1.40. The van der Waals surface area contributed by atoms with Crippen LogP contribution in [0.2, 0.25) is 0 Å². The molecule has 6 heteroatoms. The summed E-state index contributed by atoms with van der Waals surface area (Å²) >= 11 is 0. The Labute approximate surface area is 101 Å². The Bertz CT molecular complexity index is 387. The van der Waals surface area contributed by atoms with Crippen LogP contribution in [0.3, 0.4) is 0 Å². The van der Waals surface area contributed by atoms with E-state index in [0.29, 0.717) is 12.0 Å². The number of hydrogen-bond donors (Lipinski definition) is 3. The van der Waals surface area contributed by atoms with Gasteiger partial charge in [-0.25, -0.2) is 0 Å². The van der Waals surface area contributed by atoms with Crippen LogP contribution in [0.5, 0.6) is 0 Å². The molecule has 1 heterocycles. The summed E-state index contributed by atoms with van der Waals surface area (Å²) in [6.45, 7) is 3.71. The summed E-state index contributed by atoms with van der Waals surface area (Å²) in [5, 5.41) is 15.7. The second-order valence-electron chi connectivity index (χ2n) is 4.77. The lowest BCUT2D eigenvalue weighted by atomic mass is 10.00. The maximum atomic E-state index is 11.9. The fourth-order valence-electron chi connectivity index (χ4n) is 1.51. The first-order valence-electron chi connectivity index (χ1n) is 5.53. The molecule has 0 aromatic carbocycles. The van der Waals surface area contributed by atoms with Gasteiger partial charge < -0.3 is 16.2 Å². The normalized spacial score (nSPS) is 13.5. The Balaban J connectivity index is 2.64. The lowest BCUT2D eigenvalue weighted by Crippen LogP contribution is -2.47. The maximum absolute atomic E-state index is 11.9. The van der Waals surface area contributed by atoms with Gasteiger partial charge in [-0.1, -0.05) is 0 Å². The van der Waals surface area contributed by atoms with Crippen molar-refractivity contribution in [3.8, 4) is 0 Å². The van der Waals surface area contributed by atoms with Gasteiger partial charge in [0.2, 0.25) is 5.91 Å². The smallest absolute Gasteiger partial charge is 0.242 e. The molecule has 0 radical (unpaired) electrons. The standard InChI is InChI=1S/C11H20N4O2/c1-11(2,4-5-16)14-10(17)9(12)8-6-13-15(3)7-8/h6-7,9,16H,4-5,12H2,1-3H3,(H,14,17). The fraction of sp³-hybridized carbons (Fsp3) is 0.636. The lowest BCUT2D eigenvalue weighted by Gasteiger charge is -2.26. The van der Waals surface area contributed by atoms with Gasteiger partial charge in [-0.15, -0.1) is 0 Å². The average molecular weight is 240 g/mol. The molecule has 0 aliphatic rings. The van der Waals surface area contributed by atoms with Crippen LogP contribution in [-0.4, -0.2) is 32.9 Å². The van der Waals surface area contributed by atoms with Crippen molar-refractivity contribution in [2.75, 3.05) is 6.61 Å². The minimum Gasteiger partial charge on any atom is -0.396 e. The van der Waals surface area contributed by atoms with Crippen LogP contribution in [0.1, 0.15) is 31.9 Å². The molecule has 17 heavy (non-hydrogen) atoms. The van der Waals surface area contributed by atoms with Crippen molar-refractivity contribution in [3.05, 3.63) is 18.0 Å². The summed E-state index contributed by atoms with van der Waals surface area (Å²) in [4.78, 5) is 11.9. The molecule has 1 unspecified atom stereocenters. The molecule has 0 fully saturated rings. The van der Waals surface area contributed by atoms with Gasteiger partial charge in [0.1, 0.15) is 6.04 Å². The van der Waals surface area contributed by atoms with Crippen LogP contribution in [0.25, 0.3) is 0 Å². The summed E-state index contributed by atoms with van der Waals surface area (Å²) in [5.41, 5.74) is 6.03. The highest BCUT2D eigenvalue weighted by molar-refractivity contribution is 5.83. The van der Waals surface area contributed by atoms with Crippen molar-refractivity contribution in [2.24, 2.45) is 12.8 Å². The molecule has 96 valence electrons. The highest BCUT2D eigenvalue weighted by Gasteiger charge is 2.24. The zero-order valence-corrected chi connectivity index (χ0v) is 10.5. The van der Waals surface area contributed by atoms with Gasteiger partial charge in [0, 0.05) is 31.0 Å². The van der Waals surface area contributed by atoms with Gasteiger partial charge in [0.05, 0.1) is 6.20 Å². The molecule has 1 rings (SSSR count). The first kappa shape index (κ1) is 13.7. The number of carbonyl (C=O) groups is 1. The van der Waals surface area contributed by atoms with E-state index in [4.69, 9.17) is 10.8 Å². The predicted octanol–water partition coefficient (Wildman–Crippen LogP) is -0.303. The number of rotatable bonds is 5. The molecule has 6 nitrogen and oxygen atoms in total.